The van der Waals surface area contributed by atoms with Crippen molar-refractivity contribution >= 4 is 9.84 Å². The fraction of sp³-hybridized carbons (Fsp3) is 0.600. The summed E-state index contributed by atoms with van der Waals surface area (Å²) in [6.07, 6.45) is 2.59. The van der Waals surface area contributed by atoms with Crippen LogP contribution in [0.2, 0.25) is 0 Å². The van der Waals surface area contributed by atoms with Gasteiger partial charge in [-0.1, -0.05) is 19.8 Å². The second-order valence-electron chi connectivity index (χ2n) is 5.04. The SMILES string of the molecule is CCCCCS(=O)(=O)CC(N)c1cc(OC)ccc1OC. The number of rotatable bonds is 9. The zero-order valence-corrected chi connectivity index (χ0v) is 13.8. The van der Waals surface area contributed by atoms with Crippen LogP contribution in [0.3, 0.4) is 0 Å². The molecule has 2 N–H and O–H groups in total. The van der Waals surface area contributed by atoms with Crippen LogP contribution in [0.1, 0.15) is 37.8 Å². The number of sulfone groups is 1. The third-order valence-corrected chi connectivity index (χ3v) is 5.11. The maximum Gasteiger partial charge on any atom is 0.152 e. The molecule has 0 aliphatic heterocycles. The first kappa shape index (κ1) is 17.8. The van der Waals surface area contributed by atoms with Gasteiger partial charge in [-0.25, -0.2) is 8.42 Å². The fourth-order valence-corrected chi connectivity index (χ4v) is 3.69. The lowest BCUT2D eigenvalue weighted by atomic mass is 10.1. The van der Waals surface area contributed by atoms with Crippen molar-refractivity contribution in [2.45, 2.75) is 32.2 Å². The van der Waals surface area contributed by atoms with Crippen LogP contribution in [0.5, 0.6) is 11.5 Å². The Hall–Kier alpha value is -1.27. The quantitative estimate of drug-likeness (QED) is 0.707. The van der Waals surface area contributed by atoms with Gasteiger partial charge < -0.3 is 15.2 Å². The summed E-state index contributed by atoms with van der Waals surface area (Å²) in [4.78, 5) is 0. The lowest BCUT2D eigenvalue weighted by Crippen LogP contribution is -2.24. The van der Waals surface area contributed by atoms with E-state index in [1.807, 2.05) is 6.92 Å². The molecule has 0 aliphatic rings. The van der Waals surface area contributed by atoms with E-state index in [-0.39, 0.29) is 11.5 Å². The number of hydrogen-bond donors (Lipinski definition) is 1. The monoisotopic (exact) mass is 315 g/mol. The fourth-order valence-electron chi connectivity index (χ4n) is 2.15. The Morgan fingerprint density at radius 1 is 1.19 bits per heavy atom. The molecule has 1 rings (SSSR count). The second kappa shape index (κ2) is 8.24. The Balaban J connectivity index is 2.85. The lowest BCUT2D eigenvalue weighted by molar-refractivity contribution is 0.396. The maximum absolute atomic E-state index is 12.1. The van der Waals surface area contributed by atoms with Crippen molar-refractivity contribution in [2.24, 2.45) is 5.73 Å². The molecule has 21 heavy (non-hydrogen) atoms. The van der Waals surface area contributed by atoms with E-state index in [0.717, 1.165) is 12.8 Å². The third-order valence-electron chi connectivity index (χ3n) is 3.33. The van der Waals surface area contributed by atoms with Crippen molar-refractivity contribution in [3.05, 3.63) is 23.8 Å². The molecule has 1 unspecified atom stereocenters. The molecule has 0 heterocycles. The minimum atomic E-state index is -3.17. The number of hydrogen-bond acceptors (Lipinski definition) is 5. The van der Waals surface area contributed by atoms with E-state index >= 15 is 0 Å². The zero-order valence-electron chi connectivity index (χ0n) is 13.0. The summed E-state index contributed by atoms with van der Waals surface area (Å²) < 4.78 is 34.6. The minimum Gasteiger partial charge on any atom is -0.497 e. The molecule has 0 amide bonds. The molecule has 6 heteroatoms. The normalized spacial score (nSPS) is 13.0. The van der Waals surface area contributed by atoms with Crippen LogP contribution in [0.4, 0.5) is 0 Å². The van der Waals surface area contributed by atoms with Crippen molar-refractivity contribution in [3.8, 4) is 11.5 Å². The van der Waals surface area contributed by atoms with Gasteiger partial charge in [0.25, 0.3) is 0 Å². The molecule has 0 aromatic heterocycles. The van der Waals surface area contributed by atoms with Crippen LogP contribution in [0.25, 0.3) is 0 Å². The van der Waals surface area contributed by atoms with Gasteiger partial charge in [-0.15, -0.1) is 0 Å². The predicted molar refractivity (Wildman–Crippen MR) is 84.7 cm³/mol. The summed E-state index contributed by atoms with van der Waals surface area (Å²) >= 11 is 0. The van der Waals surface area contributed by atoms with E-state index in [9.17, 15) is 8.42 Å². The molecule has 1 aromatic carbocycles. The van der Waals surface area contributed by atoms with Crippen LogP contribution in [-0.2, 0) is 9.84 Å². The predicted octanol–water partition coefficient (Wildman–Crippen LogP) is 2.31. The molecular formula is C15H25NO4S. The molecule has 0 saturated carbocycles. The largest absolute Gasteiger partial charge is 0.497 e. The number of unbranched alkanes of at least 4 members (excludes halogenated alkanes) is 2. The molecule has 0 saturated heterocycles. The molecule has 0 bridgehead atoms. The van der Waals surface area contributed by atoms with Crippen molar-refractivity contribution in [2.75, 3.05) is 25.7 Å². The molecule has 0 radical (unpaired) electrons. The first-order valence-corrected chi connectivity index (χ1v) is 8.93. The van der Waals surface area contributed by atoms with E-state index in [4.69, 9.17) is 15.2 Å². The highest BCUT2D eigenvalue weighted by molar-refractivity contribution is 7.91. The molecule has 1 atom stereocenters. The first-order chi connectivity index (χ1) is 9.93. The molecule has 0 fully saturated rings. The van der Waals surface area contributed by atoms with Gasteiger partial charge in [-0.05, 0) is 24.6 Å². The van der Waals surface area contributed by atoms with Crippen LogP contribution in [0.15, 0.2) is 18.2 Å². The number of methoxy groups -OCH3 is 2. The van der Waals surface area contributed by atoms with Gasteiger partial charge >= 0.3 is 0 Å². The van der Waals surface area contributed by atoms with Crippen LogP contribution >= 0.6 is 0 Å². The smallest absolute Gasteiger partial charge is 0.152 e. The third kappa shape index (κ3) is 5.55. The molecule has 0 spiro atoms. The number of nitrogens with two attached hydrogens (primary N) is 1. The zero-order chi connectivity index (χ0) is 15.9. The van der Waals surface area contributed by atoms with Crippen LogP contribution < -0.4 is 15.2 Å². The average molecular weight is 315 g/mol. The van der Waals surface area contributed by atoms with Gasteiger partial charge in [-0.3, -0.25) is 0 Å². The van der Waals surface area contributed by atoms with Crippen LogP contribution in [0, 0.1) is 0 Å². The van der Waals surface area contributed by atoms with Gasteiger partial charge in [0, 0.05) is 11.6 Å². The van der Waals surface area contributed by atoms with E-state index in [0.29, 0.717) is 23.5 Å². The topological polar surface area (TPSA) is 78.6 Å². The summed E-state index contributed by atoms with van der Waals surface area (Å²) in [7, 11) is -0.0775. The Morgan fingerprint density at radius 3 is 2.48 bits per heavy atom. The van der Waals surface area contributed by atoms with E-state index in [1.165, 1.54) is 7.11 Å². The Kier molecular flexibility index (Phi) is 6.98. The maximum atomic E-state index is 12.1. The summed E-state index contributed by atoms with van der Waals surface area (Å²) in [6, 6.07) is 4.59. The molecular weight excluding hydrogens is 290 g/mol. The van der Waals surface area contributed by atoms with Crippen molar-refractivity contribution < 1.29 is 17.9 Å². The lowest BCUT2D eigenvalue weighted by Gasteiger charge is -2.17. The highest BCUT2D eigenvalue weighted by Crippen LogP contribution is 2.29. The summed E-state index contributed by atoms with van der Waals surface area (Å²) in [5.74, 6) is 1.30. The molecule has 5 nitrogen and oxygen atoms in total. The Labute approximate surface area is 127 Å². The summed E-state index contributed by atoms with van der Waals surface area (Å²) in [6.45, 7) is 2.04. The highest BCUT2D eigenvalue weighted by atomic mass is 32.2. The van der Waals surface area contributed by atoms with Crippen molar-refractivity contribution in [1.29, 1.82) is 0 Å². The molecule has 1 aromatic rings. The Bertz CT molecular complexity index is 543. The van der Waals surface area contributed by atoms with Gasteiger partial charge in [0.1, 0.15) is 11.5 Å². The molecule has 0 aliphatic carbocycles. The van der Waals surface area contributed by atoms with Gasteiger partial charge in [-0.2, -0.15) is 0 Å². The summed E-state index contributed by atoms with van der Waals surface area (Å²) in [5, 5.41) is 0. The standard InChI is InChI=1S/C15H25NO4S/c1-4-5-6-9-21(17,18)11-14(16)13-10-12(19-2)7-8-15(13)20-3/h7-8,10,14H,4-6,9,11,16H2,1-3H3. The van der Waals surface area contributed by atoms with Gasteiger partial charge in [0.15, 0.2) is 9.84 Å². The first-order valence-electron chi connectivity index (χ1n) is 7.11. The second-order valence-corrected chi connectivity index (χ2v) is 7.26. The van der Waals surface area contributed by atoms with E-state index in [1.54, 1.807) is 25.3 Å². The highest BCUT2D eigenvalue weighted by Gasteiger charge is 2.20. The van der Waals surface area contributed by atoms with Gasteiger partial charge in [0.2, 0.25) is 0 Å². The number of benzene rings is 1. The van der Waals surface area contributed by atoms with Crippen molar-refractivity contribution in [1.82, 2.24) is 0 Å². The van der Waals surface area contributed by atoms with Crippen LogP contribution in [-0.4, -0.2) is 34.1 Å². The average Bonchev–Trinajstić information content (AvgIpc) is 2.46. The van der Waals surface area contributed by atoms with E-state index in [2.05, 4.69) is 0 Å². The summed E-state index contributed by atoms with van der Waals surface area (Å²) in [5.41, 5.74) is 6.72. The molecule has 120 valence electrons. The van der Waals surface area contributed by atoms with Crippen molar-refractivity contribution in [3.63, 3.8) is 0 Å². The number of ether oxygens (including phenoxy) is 2. The minimum absolute atomic E-state index is 0.0831. The van der Waals surface area contributed by atoms with Gasteiger partial charge in [0.05, 0.1) is 25.7 Å². The Morgan fingerprint density at radius 2 is 1.90 bits per heavy atom. The van der Waals surface area contributed by atoms with E-state index < -0.39 is 15.9 Å².